The Labute approximate surface area is 122 Å². The van der Waals surface area contributed by atoms with Crippen molar-refractivity contribution in [2.24, 2.45) is 0 Å². The van der Waals surface area contributed by atoms with Gasteiger partial charge in [-0.1, -0.05) is 24.6 Å². The number of amides is 1. The maximum Gasteiger partial charge on any atom is 0.295 e. The fourth-order valence-corrected chi connectivity index (χ4v) is 2.15. The fourth-order valence-electron chi connectivity index (χ4n) is 1.80. The van der Waals surface area contributed by atoms with Gasteiger partial charge in [-0.2, -0.15) is 0 Å². The molecule has 106 valence electrons. The van der Waals surface area contributed by atoms with Crippen LogP contribution in [0.4, 0.5) is 11.4 Å². The van der Waals surface area contributed by atoms with E-state index >= 15 is 0 Å². The summed E-state index contributed by atoms with van der Waals surface area (Å²) in [5.74, 6) is 0.423. The third-order valence-electron chi connectivity index (χ3n) is 2.75. The number of carbonyl (C=O) groups excluding carboxylic acids is 1. The minimum Gasteiger partial charge on any atom is -0.375 e. The number of benzene rings is 1. The van der Waals surface area contributed by atoms with Crippen molar-refractivity contribution < 1.29 is 4.79 Å². The van der Waals surface area contributed by atoms with Crippen LogP contribution in [0.1, 0.15) is 23.4 Å². The van der Waals surface area contributed by atoms with E-state index in [9.17, 15) is 4.79 Å². The SMILES string of the molecule is CCc1nc(C(=O)Nc2cccc(Cl)c2N(C)C)n[nH]1. The average Bonchev–Trinajstić information content (AvgIpc) is 2.87. The molecule has 2 N–H and O–H groups in total. The topological polar surface area (TPSA) is 73.9 Å². The Bertz CT molecular complexity index is 623. The fraction of sp³-hybridized carbons (Fsp3) is 0.308. The zero-order valence-electron chi connectivity index (χ0n) is 11.6. The van der Waals surface area contributed by atoms with E-state index in [0.29, 0.717) is 23.0 Å². The lowest BCUT2D eigenvalue weighted by atomic mass is 10.2. The zero-order valence-corrected chi connectivity index (χ0v) is 12.3. The second-order valence-corrected chi connectivity index (χ2v) is 4.85. The molecule has 0 radical (unpaired) electrons. The van der Waals surface area contributed by atoms with Gasteiger partial charge in [0.2, 0.25) is 5.82 Å². The highest BCUT2D eigenvalue weighted by atomic mass is 35.5. The molecule has 2 aromatic rings. The smallest absolute Gasteiger partial charge is 0.295 e. The van der Waals surface area contributed by atoms with Crippen molar-refractivity contribution in [3.05, 3.63) is 34.9 Å². The first-order valence-electron chi connectivity index (χ1n) is 6.21. The predicted octanol–water partition coefficient (Wildman–Crippen LogP) is 2.34. The Kier molecular flexibility index (Phi) is 4.24. The van der Waals surface area contributed by atoms with Gasteiger partial charge in [-0.3, -0.25) is 9.89 Å². The van der Waals surface area contributed by atoms with Crippen LogP contribution in [0.15, 0.2) is 18.2 Å². The monoisotopic (exact) mass is 293 g/mol. The van der Waals surface area contributed by atoms with Gasteiger partial charge in [0, 0.05) is 20.5 Å². The van der Waals surface area contributed by atoms with E-state index in [4.69, 9.17) is 11.6 Å². The lowest BCUT2D eigenvalue weighted by Crippen LogP contribution is -2.18. The number of H-pyrrole nitrogens is 1. The van der Waals surface area contributed by atoms with Crippen molar-refractivity contribution in [1.29, 1.82) is 0 Å². The first-order valence-corrected chi connectivity index (χ1v) is 6.59. The van der Waals surface area contributed by atoms with Crippen molar-refractivity contribution >= 4 is 28.9 Å². The van der Waals surface area contributed by atoms with E-state index in [1.54, 1.807) is 18.2 Å². The molecule has 0 aliphatic rings. The van der Waals surface area contributed by atoms with Gasteiger partial charge in [-0.25, -0.2) is 4.98 Å². The summed E-state index contributed by atoms with van der Waals surface area (Å²) < 4.78 is 0. The molecule has 0 spiro atoms. The highest BCUT2D eigenvalue weighted by Gasteiger charge is 2.16. The van der Waals surface area contributed by atoms with Gasteiger partial charge in [0.15, 0.2) is 0 Å². The molecule has 1 heterocycles. The third-order valence-corrected chi connectivity index (χ3v) is 3.06. The number of aromatic amines is 1. The molecule has 6 nitrogen and oxygen atoms in total. The van der Waals surface area contributed by atoms with Crippen LogP contribution in [0.25, 0.3) is 0 Å². The lowest BCUT2D eigenvalue weighted by molar-refractivity contribution is 0.101. The number of hydrogen-bond acceptors (Lipinski definition) is 4. The quantitative estimate of drug-likeness (QED) is 0.907. The Morgan fingerprint density at radius 1 is 1.45 bits per heavy atom. The van der Waals surface area contributed by atoms with Crippen LogP contribution >= 0.6 is 11.6 Å². The largest absolute Gasteiger partial charge is 0.375 e. The second kappa shape index (κ2) is 5.92. The Morgan fingerprint density at radius 3 is 2.80 bits per heavy atom. The van der Waals surface area contributed by atoms with E-state index in [1.807, 2.05) is 25.9 Å². The number of anilines is 2. The first kappa shape index (κ1) is 14.3. The molecule has 0 bridgehead atoms. The van der Waals surface area contributed by atoms with Crippen LogP contribution in [-0.4, -0.2) is 35.2 Å². The molecule has 20 heavy (non-hydrogen) atoms. The molecular formula is C13H16ClN5O. The van der Waals surface area contributed by atoms with Crippen molar-refractivity contribution in [3.63, 3.8) is 0 Å². The van der Waals surface area contributed by atoms with E-state index < -0.39 is 0 Å². The van der Waals surface area contributed by atoms with Crippen LogP contribution in [0, 0.1) is 0 Å². The van der Waals surface area contributed by atoms with Crippen molar-refractivity contribution in [2.75, 3.05) is 24.3 Å². The van der Waals surface area contributed by atoms with Crippen LogP contribution in [0.2, 0.25) is 5.02 Å². The van der Waals surface area contributed by atoms with Crippen molar-refractivity contribution in [3.8, 4) is 0 Å². The molecule has 0 unspecified atom stereocenters. The minimum atomic E-state index is -0.369. The highest BCUT2D eigenvalue weighted by Crippen LogP contribution is 2.32. The zero-order chi connectivity index (χ0) is 14.7. The Hall–Kier alpha value is -2.08. The first-order chi connectivity index (χ1) is 9.52. The average molecular weight is 294 g/mol. The number of halogens is 1. The van der Waals surface area contributed by atoms with Gasteiger partial charge < -0.3 is 10.2 Å². The highest BCUT2D eigenvalue weighted by molar-refractivity contribution is 6.34. The molecule has 0 saturated carbocycles. The maximum atomic E-state index is 12.1. The molecule has 0 saturated heterocycles. The van der Waals surface area contributed by atoms with E-state index in [0.717, 1.165) is 5.69 Å². The Morgan fingerprint density at radius 2 is 2.20 bits per heavy atom. The van der Waals surface area contributed by atoms with Crippen LogP contribution in [0.3, 0.4) is 0 Å². The molecule has 7 heteroatoms. The van der Waals surface area contributed by atoms with Gasteiger partial charge >= 0.3 is 0 Å². The van der Waals surface area contributed by atoms with Gasteiger partial charge in [0.1, 0.15) is 5.82 Å². The number of carbonyl (C=O) groups is 1. The van der Waals surface area contributed by atoms with Crippen molar-refractivity contribution in [2.45, 2.75) is 13.3 Å². The summed E-state index contributed by atoms with van der Waals surface area (Å²) in [5.41, 5.74) is 1.36. The molecule has 0 atom stereocenters. The number of rotatable bonds is 4. The van der Waals surface area contributed by atoms with Crippen LogP contribution < -0.4 is 10.2 Å². The molecule has 1 aromatic heterocycles. The van der Waals surface area contributed by atoms with Gasteiger partial charge in [0.25, 0.3) is 5.91 Å². The summed E-state index contributed by atoms with van der Waals surface area (Å²) in [6.07, 6.45) is 0.695. The van der Waals surface area contributed by atoms with Crippen LogP contribution in [-0.2, 0) is 6.42 Å². The molecule has 0 fully saturated rings. The summed E-state index contributed by atoms with van der Waals surface area (Å²) in [5, 5.41) is 9.94. The second-order valence-electron chi connectivity index (χ2n) is 4.44. The van der Waals surface area contributed by atoms with Crippen molar-refractivity contribution in [1.82, 2.24) is 15.2 Å². The standard InChI is InChI=1S/C13H16ClN5O/c1-4-10-16-12(18-17-10)13(20)15-9-7-5-6-8(14)11(9)19(2)3/h5-7H,4H2,1-3H3,(H,15,20)(H,16,17,18). The number of para-hydroxylation sites is 1. The van der Waals surface area contributed by atoms with Gasteiger partial charge in [-0.05, 0) is 12.1 Å². The normalized spacial score (nSPS) is 10.4. The number of nitrogens with zero attached hydrogens (tertiary/aromatic N) is 3. The predicted molar refractivity (Wildman–Crippen MR) is 79.5 cm³/mol. The summed E-state index contributed by atoms with van der Waals surface area (Å²) >= 11 is 6.15. The summed E-state index contributed by atoms with van der Waals surface area (Å²) in [4.78, 5) is 18.0. The van der Waals surface area contributed by atoms with Crippen LogP contribution in [0.5, 0.6) is 0 Å². The minimum absolute atomic E-state index is 0.117. The number of aromatic nitrogens is 3. The van der Waals surface area contributed by atoms with E-state index in [1.165, 1.54) is 0 Å². The number of aryl methyl sites for hydroxylation is 1. The molecule has 2 rings (SSSR count). The third kappa shape index (κ3) is 2.91. The summed E-state index contributed by atoms with van der Waals surface area (Å²) in [7, 11) is 3.72. The summed E-state index contributed by atoms with van der Waals surface area (Å²) in [6.45, 7) is 1.93. The molecular weight excluding hydrogens is 278 g/mol. The van der Waals surface area contributed by atoms with E-state index in [-0.39, 0.29) is 11.7 Å². The maximum absolute atomic E-state index is 12.1. The molecule has 0 aliphatic heterocycles. The van der Waals surface area contributed by atoms with E-state index in [2.05, 4.69) is 20.5 Å². The van der Waals surface area contributed by atoms with Gasteiger partial charge in [0.05, 0.1) is 16.4 Å². The molecule has 0 aliphatic carbocycles. The molecule has 1 amide bonds. The number of nitrogens with one attached hydrogen (secondary N) is 2. The molecule has 1 aromatic carbocycles. The lowest BCUT2D eigenvalue weighted by Gasteiger charge is -2.18. The van der Waals surface area contributed by atoms with Gasteiger partial charge in [-0.15, -0.1) is 5.10 Å². The summed E-state index contributed by atoms with van der Waals surface area (Å²) in [6, 6.07) is 5.33. The number of hydrogen-bond donors (Lipinski definition) is 2. The Balaban J connectivity index is 2.26.